The number of fused-ring (bicyclic) bond motifs is 1. The van der Waals surface area contributed by atoms with E-state index in [9.17, 15) is 18.8 Å². The third-order valence-corrected chi connectivity index (χ3v) is 6.22. The SMILES string of the molecule is O=C1NC(=O)N(c2ccccc2F)C(=O)/C1=C\c1cc(Br)ccc1OCc1cccc2ccccc12. The lowest BCUT2D eigenvalue weighted by Crippen LogP contribution is -2.54. The van der Waals surface area contributed by atoms with Gasteiger partial charge in [0.2, 0.25) is 0 Å². The molecule has 1 fully saturated rings. The van der Waals surface area contributed by atoms with Crippen molar-refractivity contribution in [2.75, 3.05) is 4.90 Å². The van der Waals surface area contributed by atoms with Crippen molar-refractivity contribution in [1.29, 1.82) is 0 Å². The first-order valence-corrected chi connectivity index (χ1v) is 11.8. The summed E-state index contributed by atoms with van der Waals surface area (Å²) in [6, 6.07) is 23.4. The van der Waals surface area contributed by atoms with Crippen molar-refractivity contribution < 1.29 is 23.5 Å². The van der Waals surface area contributed by atoms with Gasteiger partial charge in [0.1, 0.15) is 23.7 Å². The van der Waals surface area contributed by atoms with Crippen LogP contribution >= 0.6 is 15.9 Å². The quantitative estimate of drug-likeness (QED) is 0.247. The van der Waals surface area contributed by atoms with Crippen LogP contribution in [0.3, 0.4) is 0 Å². The van der Waals surface area contributed by atoms with Gasteiger partial charge in [-0.3, -0.25) is 14.9 Å². The van der Waals surface area contributed by atoms with Gasteiger partial charge in [-0.2, -0.15) is 0 Å². The second-order valence-electron chi connectivity index (χ2n) is 8.02. The van der Waals surface area contributed by atoms with Crippen LogP contribution in [0, 0.1) is 5.82 Å². The first-order valence-electron chi connectivity index (χ1n) is 11.0. The van der Waals surface area contributed by atoms with Gasteiger partial charge in [-0.1, -0.05) is 70.5 Å². The number of anilines is 1. The van der Waals surface area contributed by atoms with Crippen molar-refractivity contribution >= 4 is 56.3 Å². The number of urea groups is 1. The number of carbonyl (C=O) groups excluding carboxylic acids is 3. The zero-order chi connectivity index (χ0) is 25.2. The van der Waals surface area contributed by atoms with E-state index in [0.717, 1.165) is 22.4 Å². The van der Waals surface area contributed by atoms with E-state index in [1.807, 2.05) is 42.5 Å². The van der Waals surface area contributed by atoms with Gasteiger partial charge in [0.15, 0.2) is 0 Å². The van der Waals surface area contributed by atoms with E-state index >= 15 is 0 Å². The predicted octanol–water partition coefficient (Wildman–Crippen LogP) is 5.99. The smallest absolute Gasteiger partial charge is 0.336 e. The number of carbonyl (C=O) groups is 3. The van der Waals surface area contributed by atoms with Crippen LogP contribution in [-0.4, -0.2) is 17.8 Å². The maximum absolute atomic E-state index is 14.4. The highest BCUT2D eigenvalue weighted by Gasteiger charge is 2.38. The monoisotopic (exact) mass is 544 g/mol. The topological polar surface area (TPSA) is 75.7 Å². The molecule has 8 heteroatoms. The third-order valence-electron chi connectivity index (χ3n) is 5.73. The van der Waals surface area contributed by atoms with Gasteiger partial charge in [0.25, 0.3) is 11.8 Å². The molecule has 0 aliphatic carbocycles. The Hall–Kier alpha value is -4.30. The van der Waals surface area contributed by atoms with Crippen molar-refractivity contribution in [2.24, 2.45) is 0 Å². The van der Waals surface area contributed by atoms with Gasteiger partial charge >= 0.3 is 6.03 Å². The lowest BCUT2D eigenvalue weighted by molar-refractivity contribution is -0.122. The highest BCUT2D eigenvalue weighted by molar-refractivity contribution is 9.10. The number of halogens is 2. The molecule has 0 radical (unpaired) electrons. The summed E-state index contributed by atoms with van der Waals surface area (Å²) < 4.78 is 21.2. The Morgan fingerprint density at radius 1 is 0.917 bits per heavy atom. The Morgan fingerprint density at radius 2 is 1.67 bits per heavy atom. The van der Waals surface area contributed by atoms with E-state index in [0.29, 0.717) is 20.7 Å². The van der Waals surface area contributed by atoms with E-state index in [-0.39, 0.29) is 17.9 Å². The lowest BCUT2D eigenvalue weighted by atomic mass is 10.0. The van der Waals surface area contributed by atoms with Crippen molar-refractivity contribution in [3.8, 4) is 5.75 Å². The fourth-order valence-corrected chi connectivity index (χ4v) is 4.38. The maximum Gasteiger partial charge on any atom is 0.336 e. The zero-order valence-corrected chi connectivity index (χ0v) is 20.3. The first kappa shape index (κ1) is 23.4. The van der Waals surface area contributed by atoms with Crippen molar-refractivity contribution in [2.45, 2.75) is 6.61 Å². The number of amides is 4. The second-order valence-corrected chi connectivity index (χ2v) is 8.93. The van der Waals surface area contributed by atoms with Crippen LogP contribution in [0.15, 0.2) is 95.0 Å². The van der Waals surface area contributed by atoms with Crippen molar-refractivity contribution in [3.63, 3.8) is 0 Å². The maximum atomic E-state index is 14.4. The van der Waals surface area contributed by atoms with E-state index in [1.165, 1.54) is 24.3 Å². The minimum absolute atomic E-state index is 0.249. The third kappa shape index (κ3) is 4.50. The number of hydrogen-bond acceptors (Lipinski definition) is 4. The van der Waals surface area contributed by atoms with Gasteiger partial charge in [-0.05, 0) is 52.7 Å². The van der Waals surface area contributed by atoms with E-state index in [4.69, 9.17) is 4.74 Å². The molecule has 0 unspecified atom stereocenters. The minimum Gasteiger partial charge on any atom is -0.488 e. The molecule has 0 atom stereocenters. The predicted molar refractivity (Wildman–Crippen MR) is 138 cm³/mol. The number of benzene rings is 4. The minimum atomic E-state index is -1.02. The molecule has 1 saturated heterocycles. The molecule has 5 rings (SSSR count). The van der Waals surface area contributed by atoms with Crippen LogP contribution in [-0.2, 0) is 16.2 Å². The average molecular weight is 545 g/mol. The van der Waals surface area contributed by atoms with E-state index in [2.05, 4.69) is 21.2 Å². The van der Waals surface area contributed by atoms with Crippen LogP contribution in [0.25, 0.3) is 16.8 Å². The number of para-hydroxylation sites is 1. The molecule has 1 aliphatic rings. The standard InChI is InChI=1S/C28H18BrFN2O4/c29-20-12-13-25(36-16-18-8-5-7-17-6-1-2-9-21(17)18)19(14-20)15-22-26(33)31-28(35)32(27(22)34)24-11-4-3-10-23(24)30/h1-15H,16H2,(H,31,33,35)/b22-15-. The molecular weight excluding hydrogens is 527 g/mol. The van der Waals surface area contributed by atoms with Gasteiger partial charge in [-0.25, -0.2) is 14.1 Å². The fourth-order valence-electron chi connectivity index (χ4n) is 4.00. The molecule has 0 spiro atoms. The van der Waals surface area contributed by atoms with Crippen LogP contribution < -0.4 is 15.0 Å². The van der Waals surface area contributed by atoms with Gasteiger partial charge < -0.3 is 4.74 Å². The Balaban J connectivity index is 1.49. The summed E-state index contributed by atoms with van der Waals surface area (Å²) in [7, 11) is 0. The van der Waals surface area contributed by atoms with E-state index < -0.39 is 23.7 Å². The summed E-state index contributed by atoms with van der Waals surface area (Å²) in [5, 5.41) is 4.24. The Kier molecular flexibility index (Phi) is 6.35. The first-order chi connectivity index (χ1) is 17.4. The summed E-state index contributed by atoms with van der Waals surface area (Å²) in [5.41, 5.74) is 0.828. The van der Waals surface area contributed by atoms with Crippen LogP contribution in [0.4, 0.5) is 14.9 Å². The summed E-state index contributed by atoms with van der Waals surface area (Å²) in [6.07, 6.45) is 1.33. The Labute approximate surface area is 214 Å². The summed E-state index contributed by atoms with van der Waals surface area (Å²) in [5.74, 6) is -2.16. The molecule has 1 heterocycles. The normalized spacial score (nSPS) is 14.9. The lowest BCUT2D eigenvalue weighted by Gasteiger charge is -2.26. The number of rotatable bonds is 5. The zero-order valence-electron chi connectivity index (χ0n) is 18.7. The van der Waals surface area contributed by atoms with Crippen LogP contribution in [0.5, 0.6) is 5.75 Å². The number of nitrogens with zero attached hydrogens (tertiary/aromatic N) is 1. The van der Waals surface area contributed by atoms with Gasteiger partial charge in [0, 0.05) is 10.0 Å². The molecule has 0 bridgehead atoms. The molecule has 4 aromatic rings. The number of ether oxygens (including phenoxy) is 1. The molecule has 4 aromatic carbocycles. The van der Waals surface area contributed by atoms with Gasteiger partial charge in [0.05, 0.1) is 5.69 Å². The fraction of sp³-hybridized carbons (Fsp3) is 0.0357. The number of barbiturate groups is 1. The second kappa shape index (κ2) is 9.75. The van der Waals surface area contributed by atoms with Crippen LogP contribution in [0.1, 0.15) is 11.1 Å². The molecule has 1 N–H and O–H groups in total. The molecule has 36 heavy (non-hydrogen) atoms. The molecule has 1 aliphatic heterocycles. The van der Waals surface area contributed by atoms with E-state index in [1.54, 1.807) is 18.2 Å². The van der Waals surface area contributed by atoms with Crippen molar-refractivity contribution in [3.05, 3.63) is 112 Å². The largest absolute Gasteiger partial charge is 0.488 e. The Bertz CT molecular complexity index is 1560. The molecule has 0 saturated carbocycles. The number of imide groups is 2. The summed E-state index contributed by atoms with van der Waals surface area (Å²) in [6.45, 7) is 0.249. The average Bonchev–Trinajstić information content (AvgIpc) is 2.87. The van der Waals surface area contributed by atoms with Crippen molar-refractivity contribution in [1.82, 2.24) is 5.32 Å². The molecule has 4 amide bonds. The number of hydrogen-bond donors (Lipinski definition) is 1. The van der Waals surface area contributed by atoms with Gasteiger partial charge in [-0.15, -0.1) is 0 Å². The highest BCUT2D eigenvalue weighted by atomic mass is 79.9. The molecular formula is C28H18BrFN2O4. The molecule has 6 nitrogen and oxygen atoms in total. The Morgan fingerprint density at radius 3 is 2.50 bits per heavy atom. The van der Waals surface area contributed by atoms with Crippen LogP contribution in [0.2, 0.25) is 0 Å². The summed E-state index contributed by atoms with van der Waals surface area (Å²) in [4.78, 5) is 38.8. The molecule has 178 valence electrons. The number of nitrogens with one attached hydrogen (secondary N) is 1. The highest BCUT2D eigenvalue weighted by Crippen LogP contribution is 2.30. The molecule has 0 aromatic heterocycles. The summed E-state index contributed by atoms with van der Waals surface area (Å²) >= 11 is 3.40.